The van der Waals surface area contributed by atoms with Crippen LogP contribution in [0.2, 0.25) is 0 Å². The number of carbonyl (C=O) groups is 3. The van der Waals surface area contributed by atoms with Crippen LogP contribution in [-0.2, 0) is 11.2 Å². The van der Waals surface area contributed by atoms with E-state index in [0.29, 0.717) is 22.1 Å². The van der Waals surface area contributed by atoms with E-state index in [9.17, 15) is 14.4 Å². The Morgan fingerprint density at radius 3 is 2.52 bits per heavy atom. The Morgan fingerprint density at radius 1 is 1.07 bits per heavy atom. The predicted molar refractivity (Wildman–Crippen MR) is 101 cm³/mol. The molecule has 0 saturated heterocycles. The van der Waals surface area contributed by atoms with Crippen LogP contribution in [0.3, 0.4) is 0 Å². The van der Waals surface area contributed by atoms with E-state index in [1.165, 1.54) is 17.6 Å². The van der Waals surface area contributed by atoms with Crippen molar-refractivity contribution in [3.8, 4) is 0 Å². The highest BCUT2D eigenvalue weighted by atomic mass is 32.1. The number of hydrogen-bond donors (Lipinski definition) is 3. The maximum absolute atomic E-state index is 12.1. The molecule has 3 aromatic rings. The average Bonchev–Trinajstić information content (AvgIpc) is 3.34. The second-order valence-corrected chi connectivity index (χ2v) is 6.31. The molecule has 0 aliphatic carbocycles. The van der Waals surface area contributed by atoms with Gasteiger partial charge in [-0.15, -0.1) is 11.3 Å². The van der Waals surface area contributed by atoms with E-state index >= 15 is 0 Å². The lowest BCUT2D eigenvalue weighted by Crippen LogP contribution is -2.18. The van der Waals surface area contributed by atoms with Crippen LogP contribution < -0.4 is 16.0 Å². The molecule has 3 amide bonds. The number of thiazole rings is 1. The molecule has 0 radical (unpaired) electrons. The summed E-state index contributed by atoms with van der Waals surface area (Å²) in [6.07, 6.45) is 1.47. The SMILES string of the molecule is CNC(=O)c1ccc(NC(=O)Cc2csc(NC(=O)c3ccco3)n2)cc1. The summed E-state index contributed by atoms with van der Waals surface area (Å²) >= 11 is 1.22. The maximum Gasteiger partial charge on any atom is 0.293 e. The zero-order valence-corrected chi connectivity index (χ0v) is 15.1. The third kappa shape index (κ3) is 4.79. The van der Waals surface area contributed by atoms with E-state index in [0.717, 1.165) is 0 Å². The number of nitrogens with one attached hydrogen (secondary N) is 3. The lowest BCUT2D eigenvalue weighted by atomic mass is 10.2. The van der Waals surface area contributed by atoms with Crippen molar-refractivity contribution in [2.45, 2.75) is 6.42 Å². The molecule has 8 nitrogen and oxygen atoms in total. The molecule has 138 valence electrons. The molecule has 0 fully saturated rings. The number of anilines is 2. The van der Waals surface area contributed by atoms with Gasteiger partial charge in [-0.1, -0.05) is 0 Å². The number of hydrogen-bond acceptors (Lipinski definition) is 6. The van der Waals surface area contributed by atoms with Crippen molar-refractivity contribution in [2.75, 3.05) is 17.7 Å². The van der Waals surface area contributed by atoms with Crippen molar-refractivity contribution in [1.82, 2.24) is 10.3 Å². The highest BCUT2D eigenvalue weighted by Crippen LogP contribution is 2.18. The van der Waals surface area contributed by atoms with E-state index in [1.807, 2.05) is 0 Å². The molecule has 2 heterocycles. The Morgan fingerprint density at radius 2 is 1.85 bits per heavy atom. The van der Waals surface area contributed by atoms with Crippen LogP contribution in [0.4, 0.5) is 10.8 Å². The fraction of sp³-hybridized carbons (Fsp3) is 0.111. The molecule has 3 N–H and O–H groups in total. The van der Waals surface area contributed by atoms with Gasteiger partial charge in [-0.3, -0.25) is 19.7 Å². The normalized spacial score (nSPS) is 10.3. The third-order valence-corrected chi connectivity index (χ3v) is 4.32. The quantitative estimate of drug-likeness (QED) is 0.604. The fourth-order valence-electron chi connectivity index (χ4n) is 2.23. The second-order valence-electron chi connectivity index (χ2n) is 5.46. The first-order valence-corrected chi connectivity index (χ1v) is 8.84. The molecule has 0 saturated carbocycles. The lowest BCUT2D eigenvalue weighted by Gasteiger charge is -2.05. The zero-order valence-electron chi connectivity index (χ0n) is 14.3. The molecule has 1 aromatic carbocycles. The van der Waals surface area contributed by atoms with Gasteiger partial charge in [-0.2, -0.15) is 0 Å². The van der Waals surface area contributed by atoms with Crippen molar-refractivity contribution < 1.29 is 18.8 Å². The number of carbonyl (C=O) groups excluding carboxylic acids is 3. The highest BCUT2D eigenvalue weighted by molar-refractivity contribution is 7.14. The van der Waals surface area contributed by atoms with Crippen LogP contribution in [0.25, 0.3) is 0 Å². The molecule has 27 heavy (non-hydrogen) atoms. The number of aromatic nitrogens is 1. The molecular weight excluding hydrogens is 368 g/mol. The summed E-state index contributed by atoms with van der Waals surface area (Å²) in [6.45, 7) is 0. The van der Waals surface area contributed by atoms with Crippen LogP contribution in [0, 0.1) is 0 Å². The molecule has 0 atom stereocenters. The summed E-state index contributed by atoms with van der Waals surface area (Å²) in [5, 5.41) is 9.97. The Hall–Kier alpha value is -3.46. The summed E-state index contributed by atoms with van der Waals surface area (Å²) in [7, 11) is 1.55. The summed E-state index contributed by atoms with van der Waals surface area (Å²) in [5.74, 6) is -0.664. The number of furan rings is 1. The van der Waals surface area contributed by atoms with E-state index in [-0.39, 0.29) is 24.0 Å². The number of rotatable bonds is 6. The Labute approximate surface area is 158 Å². The van der Waals surface area contributed by atoms with Gasteiger partial charge >= 0.3 is 0 Å². The van der Waals surface area contributed by atoms with Crippen LogP contribution in [0.1, 0.15) is 26.6 Å². The number of nitrogens with zero attached hydrogens (tertiary/aromatic N) is 1. The van der Waals surface area contributed by atoms with Crippen LogP contribution in [-0.4, -0.2) is 29.8 Å². The fourth-order valence-corrected chi connectivity index (χ4v) is 2.94. The molecule has 3 rings (SSSR count). The summed E-state index contributed by atoms with van der Waals surface area (Å²) in [5.41, 5.74) is 1.62. The van der Waals surface area contributed by atoms with Crippen molar-refractivity contribution in [3.05, 3.63) is 65.1 Å². The van der Waals surface area contributed by atoms with Crippen molar-refractivity contribution in [2.24, 2.45) is 0 Å². The smallest absolute Gasteiger partial charge is 0.293 e. The minimum absolute atomic E-state index is 0.0598. The predicted octanol–water partition coefficient (Wildman–Crippen LogP) is 2.53. The summed E-state index contributed by atoms with van der Waals surface area (Å²) in [4.78, 5) is 39.8. The molecule has 2 aromatic heterocycles. The van der Waals surface area contributed by atoms with Gasteiger partial charge in [0.15, 0.2) is 10.9 Å². The van der Waals surface area contributed by atoms with Gasteiger partial charge in [0.05, 0.1) is 18.4 Å². The maximum atomic E-state index is 12.1. The van der Waals surface area contributed by atoms with Gasteiger partial charge in [-0.05, 0) is 36.4 Å². The second kappa shape index (κ2) is 8.28. The molecular formula is C18H16N4O4S. The van der Waals surface area contributed by atoms with Crippen molar-refractivity contribution >= 4 is 39.9 Å². The molecule has 0 bridgehead atoms. The van der Waals surface area contributed by atoms with Gasteiger partial charge < -0.3 is 15.1 Å². The minimum Gasteiger partial charge on any atom is -0.459 e. The summed E-state index contributed by atoms with van der Waals surface area (Å²) in [6, 6.07) is 9.72. The number of amides is 3. The van der Waals surface area contributed by atoms with Gasteiger partial charge in [-0.25, -0.2) is 4.98 Å². The Balaban J connectivity index is 1.54. The average molecular weight is 384 g/mol. The molecule has 0 spiro atoms. The van der Waals surface area contributed by atoms with E-state index in [4.69, 9.17) is 4.42 Å². The monoisotopic (exact) mass is 384 g/mol. The van der Waals surface area contributed by atoms with E-state index in [2.05, 4.69) is 20.9 Å². The van der Waals surface area contributed by atoms with Gasteiger partial charge in [0.25, 0.3) is 11.8 Å². The zero-order chi connectivity index (χ0) is 19.2. The largest absolute Gasteiger partial charge is 0.459 e. The standard InChI is InChI=1S/C18H16N4O4S/c1-19-16(24)11-4-6-12(7-5-11)20-15(23)9-13-10-27-18(21-13)22-17(25)14-3-2-8-26-14/h2-8,10H,9H2,1H3,(H,19,24)(H,20,23)(H,21,22,25). The number of benzene rings is 1. The van der Waals surface area contributed by atoms with Crippen LogP contribution >= 0.6 is 11.3 Å². The Kier molecular flexibility index (Phi) is 5.62. The first-order valence-electron chi connectivity index (χ1n) is 7.96. The minimum atomic E-state index is -0.401. The highest BCUT2D eigenvalue weighted by Gasteiger charge is 2.13. The van der Waals surface area contributed by atoms with Gasteiger partial charge in [0.2, 0.25) is 5.91 Å². The van der Waals surface area contributed by atoms with Crippen molar-refractivity contribution in [1.29, 1.82) is 0 Å². The van der Waals surface area contributed by atoms with Crippen LogP contribution in [0.5, 0.6) is 0 Å². The van der Waals surface area contributed by atoms with Crippen LogP contribution in [0.15, 0.2) is 52.5 Å². The first-order chi connectivity index (χ1) is 13.0. The lowest BCUT2D eigenvalue weighted by molar-refractivity contribution is -0.115. The molecule has 0 aliphatic rings. The van der Waals surface area contributed by atoms with E-state index in [1.54, 1.807) is 48.8 Å². The third-order valence-electron chi connectivity index (χ3n) is 3.52. The topological polar surface area (TPSA) is 113 Å². The molecule has 0 aliphatic heterocycles. The van der Waals surface area contributed by atoms with Gasteiger partial charge in [0, 0.05) is 23.7 Å². The van der Waals surface area contributed by atoms with E-state index < -0.39 is 5.91 Å². The Bertz CT molecular complexity index is 948. The first kappa shape index (κ1) is 18.3. The molecule has 9 heteroatoms. The molecule has 0 unspecified atom stereocenters. The van der Waals surface area contributed by atoms with Gasteiger partial charge in [0.1, 0.15) is 0 Å². The van der Waals surface area contributed by atoms with Crippen molar-refractivity contribution in [3.63, 3.8) is 0 Å². The summed E-state index contributed by atoms with van der Waals surface area (Å²) < 4.78 is 5.01.